The number of carbonyl (C=O) groups is 1. The van der Waals surface area contributed by atoms with Gasteiger partial charge in [-0.3, -0.25) is 20.1 Å². The van der Waals surface area contributed by atoms with Crippen LogP contribution in [0, 0.1) is 6.92 Å². The van der Waals surface area contributed by atoms with Crippen LogP contribution in [0.15, 0.2) is 43.0 Å². The van der Waals surface area contributed by atoms with Crippen LogP contribution in [-0.4, -0.2) is 56.1 Å². The van der Waals surface area contributed by atoms with Crippen LogP contribution in [0.4, 0.5) is 10.8 Å². The Morgan fingerprint density at radius 1 is 1.18 bits per heavy atom. The smallest absolute Gasteiger partial charge is 0.261 e. The lowest BCUT2D eigenvalue weighted by Gasteiger charge is -2.35. The molecule has 0 atom stereocenters. The van der Waals surface area contributed by atoms with Crippen molar-refractivity contribution in [2.45, 2.75) is 25.4 Å². The molecular weight excluding hydrogens is 438 g/mol. The van der Waals surface area contributed by atoms with Gasteiger partial charge in [0.25, 0.3) is 5.91 Å². The summed E-state index contributed by atoms with van der Waals surface area (Å²) >= 11 is 1.30. The van der Waals surface area contributed by atoms with Gasteiger partial charge in [-0.05, 0) is 38.0 Å². The largest absolute Gasteiger partial charge is 0.371 e. The third-order valence-corrected chi connectivity index (χ3v) is 6.83. The molecule has 6 rings (SSSR count). The molecule has 5 heterocycles. The van der Waals surface area contributed by atoms with Crippen molar-refractivity contribution in [2.75, 3.05) is 29.9 Å². The van der Waals surface area contributed by atoms with E-state index in [4.69, 9.17) is 4.74 Å². The van der Waals surface area contributed by atoms with Crippen molar-refractivity contribution in [3.63, 3.8) is 0 Å². The first-order valence-corrected chi connectivity index (χ1v) is 11.6. The molecular formula is C23H21N7O2S. The number of aryl methyl sites for hydroxylation is 1. The number of aromatic nitrogens is 5. The summed E-state index contributed by atoms with van der Waals surface area (Å²) in [5, 5.41) is 3.38. The van der Waals surface area contributed by atoms with E-state index in [0.717, 1.165) is 48.6 Å². The second-order valence-corrected chi connectivity index (χ2v) is 9.37. The van der Waals surface area contributed by atoms with Crippen LogP contribution in [0.5, 0.6) is 0 Å². The summed E-state index contributed by atoms with van der Waals surface area (Å²) < 4.78 is 5.95. The van der Waals surface area contributed by atoms with Crippen molar-refractivity contribution < 1.29 is 9.53 Å². The SMILES string of the molecule is Cc1cc(N2CCOC3(CC3)C2)c(C(=O)Nc2nc3ncc(-c4ccncc4)nc3s2)cn1. The Balaban J connectivity index is 1.27. The van der Waals surface area contributed by atoms with Gasteiger partial charge in [0.2, 0.25) is 0 Å². The van der Waals surface area contributed by atoms with Crippen LogP contribution in [-0.2, 0) is 4.74 Å². The molecule has 0 aromatic carbocycles. The topological polar surface area (TPSA) is 106 Å². The van der Waals surface area contributed by atoms with E-state index in [2.05, 4.69) is 35.1 Å². The highest BCUT2D eigenvalue weighted by molar-refractivity contribution is 7.21. The van der Waals surface area contributed by atoms with E-state index in [0.29, 0.717) is 27.8 Å². The van der Waals surface area contributed by atoms with Gasteiger partial charge in [0.1, 0.15) is 0 Å². The summed E-state index contributed by atoms with van der Waals surface area (Å²) in [6.45, 7) is 4.14. The number of nitrogens with zero attached hydrogens (tertiary/aromatic N) is 6. The molecule has 2 fully saturated rings. The minimum atomic E-state index is -0.248. The summed E-state index contributed by atoms with van der Waals surface area (Å²) in [4.78, 5) is 38.1. The first-order chi connectivity index (χ1) is 16.1. The molecule has 4 aromatic heterocycles. The van der Waals surface area contributed by atoms with Gasteiger partial charge in [0.05, 0.1) is 35.3 Å². The lowest BCUT2D eigenvalue weighted by atomic mass is 10.1. The highest BCUT2D eigenvalue weighted by Crippen LogP contribution is 2.43. The molecule has 0 bridgehead atoms. The molecule has 0 radical (unpaired) electrons. The number of hydrogen-bond acceptors (Lipinski definition) is 9. The number of carbonyl (C=O) groups excluding carboxylic acids is 1. The lowest BCUT2D eigenvalue weighted by molar-refractivity contribution is 0.0205. The minimum Gasteiger partial charge on any atom is -0.371 e. The van der Waals surface area contributed by atoms with Gasteiger partial charge in [-0.25, -0.2) is 9.97 Å². The number of morpholine rings is 1. The molecule has 33 heavy (non-hydrogen) atoms. The molecule has 1 amide bonds. The molecule has 1 saturated carbocycles. The molecule has 1 spiro atoms. The fourth-order valence-corrected chi connectivity index (χ4v) is 4.87. The molecule has 1 aliphatic heterocycles. The van der Waals surface area contributed by atoms with Crippen molar-refractivity contribution in [3.05, 3.63) is 54.2 Å². The zero-order valence-electron chi connectivity index (χ0n) is 18.0. The molecule has 1 aliphatic carbocycles. The number of anilines is 2. The third kappa shape index (κ3) is 3.91. The maximum atomic E-state index is 13.2. The van der Waals surface area contributed by atoms with Crippen molar-refractivity contribution in [3.8, 4) is 11.3 Å². The van der Waals surface area contributed by atoms with E-state index in [9.17, 15) is 4.79 Å². The Hall–Kier alpha value is -3.50. The molecule has 10 heteroatoms. The first-order valence-electron chi connectivity index (χ1n) is 10.8. The Labute approximate surface area is 193 Å². The van der Waals surface area contributed by atoms with Crippen molar-refractivity contribution >= 4 is 38.5 Å². The zero-order chi connectivity index (χ0) is 22.4. The van der Waals surface area contributed by atoms with Crippen LogP contribution in [0.2, 0.25) is 0 Å². The predicted octanol–water partition coefficient (Wildman–Crippen LogP) is 3.47. The fraction of sp³-hybridized carbons (Fsp3) is 0.304. The molecule has 1 saturated heterocycles. The van der Waals surface area contributed by atoms with Crippen LogP contribution >= 0.6 is 11.3 Å². The Morgan fingerprint density at radius 2 is 2.03 bits per heavy atom. The van der Waals surface area contributed by atoms with E-state index in [1.165, 1.54) is 11.3 Å². The average molecular weight is 460 g/mol. The van der Waals surface area contributed by atoms with Gasteiger partial charge in [-0.2, -0.15) is 4.98 Å². The highest BCUT2D eigenvalue weighted by Gasteiger charge is 2.47. The number of nitrogens with one attached hydrogen (secondary N) is 1. The zero-order valence-corrected chi connectivity index (χ0v) is 18.8. The van der Waals surface area contributed by atoms with E-state index in [1.807, 2.05) is 25.1 Å². The predicted molar refractivity (Wildman–Crippen MR) is 125 cm³/mol. The molecule has 2 aliphatic rings. The van der Waals surface area contributed by atoms with Crippen molar-refractivity contribution in [2.24, 2.45) is 0 Å². The summed E-state index contributed by atoms with van der Waals surface area (Å²) in [6, 6.07) is 5.73. The van der Waals surface area contributed by atoms with Gasteiger partial charge in [0.15, 0.2) is 15.6 Å². The van der Waals surface area contributed by atoms with E-state index in [-0.39, 0.29) is 11.5 Å². The number of rotatable bonds is 4. The molecule has 0 unspecified atom stereocenters. The number of fused-ring (bicyclic) bond motifs is 1. The number of amides is 1. The standard InChI is InChI=1S/C23H21N7O2S/c1-14-10-18(30-8-9-32-23(13-30)4-5-23)16(11-25-14)20(31)29-22-28-19-21(33-22)27-17(12-26-19)15-2-6-24-7-3-15/h2-3,6-7,10-12H,4-5,8-9,13H2,1H3,(H,26,28,29,31). The quantitative estimate of drug-likeness (QED) is 0.494. The maximum Gasteiger partial charge on any atom is 0.261 e. The van der Waals surface area contributed by atoms with Crippen molar-refractivity contribution in [1.29, 1.82) is 0 Å². The summed E-state index contributed by atoms with van der Waals surface area (Å²) in [5.74, 6) is -0.248. The van der Waals surface area contributed by atoms with Gasteiger partial charge in [-0.1, -0.05) is 11.3 Å². The normalized spacial score (nSPS) is 16.8. The monoisotopic (exact) mass is 459 g/mol. The maximum absolute atomic E-state index is 13.2. The number of ether oxygens (including phenoxy) is 1. The van der Waals surface area contributed by atoms with Gasteiger partial charge >= 0.3 is 0 Å². The minimum absolute atomic E-state index is 0.0416. The second-order valence-electron chi connectivity index (χ2n) is 8.39. The average Bonchev–Trinajstić information content (AvgIpc) is 3.45. The van der Waals surface area contributed by atoms with Crippen LogP contribution in [0.25, 0.3) is 21.7 Å². The third-order valence-electron chi connectivity index (χ3n) is 5.98. The van der Waals surface area contributed by atoms with Gasteiger partial charge < -0.3 is 9.64 Å². The van der Waals surface area contributed by atoms with Gasteiger partial charge in [0, 0.05) is 42.9 Å². The summed E-state index contributed by atoms with van der Waals surface area (Å²) in [5.41, 5.74) is 4.39. The second kappa shape index (κ2) is 7.82. The Kier molecular flexibility index (Phi) is 4.77. The molecule has 4 aromatic rings. The number of hydrogen-bond donors (Lipinski definition) is 1. The molecule has 9 nitrogen and oxygen atoms in total. The van der Waals surface area contributed by atoms with Crippen LogP contribution in [0.3, 0.4) is 0 Å². The molecule has 1 N–H and O–H groups in total. The lowest BCUT2D eigenvalue weighted by Crippen LogP contribution is -2.44. The first kappa shape index (κ1) is 20.1. The van der Waals surface area contributed by atoms with E-state index in [1.54, 1.807) is 24.8 Å². The van der Waals surface area contributed by atoms with Crippen LogP contribution < -0.4 is 10.2 Å². The summed E-state index contributed by atoms with van der Waals surface area (Å²) in [6.07, 6.45) is 8.89. The fourth-order valence-electron chi connectivity index (χ4n) is 4.08. The summed E-state index contributed by atoms with van der Waals surface area (Å²) in [7, 11) is 0. The number of thiazole rings is 1. The van der Waals surface area contributed by atoms with E-state index >= 15 is 0 Å². The number of pyridine rings is 2. The Bertz CT molecular complexity index is 1350. The van der Waals surface area contributed by atoms with E-state index < -0.39 is 0 Å². The van der Waals surface area contributed by atoms with Crippen LogP contribution in [0.1, 0.15) is 28.9 Å². The highest BCUT2D eigenvalue weighted by atomic mass is 32.1. The molecule has 166 valence electrons. The van der Waals surface area contributed by atoms with Gasteiger partial charge in [-0.15, -0.1) is 0 Å². The van der Waals surface area contributed by atoms with Crippen molar-refractivity contribution in [1.82, 2.24) is 24.9 Å². The Morgan fingerprint density at radius 3 is 2.85 bits per heavy atom.